The van der Waals surface area contributed by atoms with Crippen LogP contribution in [0.1, 0.15) is 0 Å². The van der Waals surface area contributed by atoms with Gasteiger partial charge < -0.3 is 19.7 Å². The third-order valence-electron chi connectivity index (χ3n) is 2.74. The summed E-state index contributed by atoms with van der Waals surface area (Å²) in [4.78, 5) is 26.5. The first-order valence-electron chi connectivity index (χ1n) is 5.18. The lowest BCUT2D eigenvalue weighted by molar-refractivity contribution is -0.141. The van der Waals surface area contributed by atoms with Crippen LogP contribution in [-0.4, -0.2) is 39.9 Å². The Balaban J connectivity index is 2.18. The lowest BCUT2D eigenvalue weighted by Crippen LogP contribution is -2.36. The Labute approximate surface area is 97.0 Å². The van der Waals surface area contributed by atoms with E-state index in [0.29, 0.717) is 0 Å². The summed E-state index contributed by atoms with van der Waals surface area (Å²) in [5.74, 6) is -1.44. The summed E-state index contributed by atoms with van der Waals surface area (Å²) in [5.41, 5.74) is -0.288. The lowest BCUT2D eigenvalue weighted by Gasteiger charge is -2.15. The molecular weight excluding hydrogens is 226 g/mol. The minimum atomic E-state index is -0.937. The average Bonchev–Trinajstić information content (AvgIpc) is 2.73. The van der Waals surface area contributed by atoms with Crippen LogP contribution in [0.5, 0.6) is 0 Å². The topological polar surface area (TPSA) is 93.4 Å². The second kappa shape index (κ2) is 4.54. The summed E-state index contributed by atoms with van der Waals surface area (Å²) in [6.45, 7) is 0.414. The molecule has 0 aromatic carbocycles. The lowest BCUT2D eigenvalue weighted by atomic mass is 10.0. The summed E-state index contributed by atoms with van der Waals surface area (Å²) in [6.07, 6.45) is 3.02. The number of rotatable bonds is 3. The van der Waals surface area contributed by atoms with Gasteiger partial charge in [0, 0.05) is 19.4 Å². The van der Waals surface area contributed by atoms with Gasteiger partial charge >= 0.3 is 5.97 Å². The highest BCUT2D eigenvalue weighted by atomic mass is 16.5. The van der Waals surface area contributed by atoms with Crippen molar-refractivity contribution in [3.8, 4) is 0 Å². The zero-order valence-corrected chi connectivity index (χ0v) is 9.29. The molecule has 1 saturated heterocycles. The molecule has 0 amide bonds. The van der Waals surface area contributed by atoms with E-state index in [1.807, 2.05) is 0 Å². The van der Waals surface area contributed by atoms with Crippen molar-refractivity contribution in [2.24, 2.45) is 13.0 Å². The molecule has 1 aliphatic heterocycles. The van der Waals surface area contributed by atoms with Crippen molar-refractivity contribution in [2.75, 3.05) is 18.5 Å². The van der Waals surface area contributed by atoms with E-state index in [1.54, 1.807) is 7.05 Å². The van der Waals surface area contributed by atoms with E-state index in [9.17, 15) is 9.59 Å². The number of hydrogen-bond donors (Lipinski definition) is 2. The van der Waals surface area contributed by atoms with Crippen molar-refractivity contribution < 1.29 is 14.6 Å². The maximum Gasteiger partial charge on any atom is 0.311 e. The first kappa shape index (κ1) is 11.6. The Kier molecular flexibility index (Phi) is 3.10. The number of ether oxygens (including phenoxy) is 1. The summed E-state index contributed by atoms with van der Waals surface area (Å²) >= 11 is 0. The molecule has 7 heteroatoms. The molecule has 2 heterocycles. The van der Waals surface area contributed by atoms with Crippen LogP contribution in [0.3, 0.4) is 0 Å². The minimum Gasteiger partial charge on any atom is -0.481 e. The van der Waals surface area contributed by atoms with Gasteiger partial charge in [-0.15, -0.1) is 0 Å². The van der Waals surface area contributed by atoms with Crippen molar-refractivity contribution in [1.82, 2.24) is 9.55 Å². The van der Waals surface area contributed by atoms with Gasteiger partial charge in [-0.3, -0.25) is 9.59 Å². The fourth-order valence-corrected chi connectivity index (χ4v) is 1.71. The van der Waals surface area contributed by atoms with Gasteiger partial charge in [0.25, 0.3) is 5.56 Å². The van der Waals surface area contributed by atoms with Gasteiger partial charge in [0.15, 0.2) is 5.82 Å². The van der Waals surface area contributed by atoms with Gasteiger partial charge in [0.05, 0.1) is 19.3 Å². The molecule has 2 rings (SSSR count). The fraction of sp³-hybridized carbons (Fsp3) is 0.500. The number of nitrogens with zero attached hydrogens (tertiary/aromatic N) is 2. The number of carboxylic acids is 1. The number of aryl methyl sites for hydroxylation is 1. The van der Waals surface area contributed by atoms with Gasteiger partial charge in [-0.05, 0) is 0 Å². The minimum absolute atomic E-state index is 0.150. The highest BCUT2D eigenvalue weighted by Gasteiger charge is 2.34. The number of aliphatic carboxylic acids is 1. The maximum absolute atomic E-state index is 11.7. The summed E-state index contributed by atoms with van der Waals surface area (Å²) < 4.78 is 6.47. The van der Waals surface area contributed by atoms with Gasteiger partial charge in [0.1, 0.15) is 5.92 Å². The maximum atomic E-state index is 11.7. The molecule has 0 saturated carbocycles. The van der Waals surface area contributed by atoms with Crippen LogP contribution in [0.25, 0.3) is 0 Å². The quantitative estimate of drug-likeness (QED) is 0.724. The zero-order chi connectivity index (χ0) is 12.4. The molecule has 0 radical (unpaired) electrons. The fourth-order valence-electron chi connectivity index (χ4n) is 1.71. The Morgan fingerprint density at radius 2 is 2.41 bits per heavy atom. The largest absolute Gasteiger partial charge is 0.481 e. The normalized spacial score (nSPS) is 23.6. The van der Waals surface area contributed by atoms with E-state index in [4.69, 9.17) is 9.84 Å². The molecule has 0 bridgehead atoms. The van der Waals surface area contributed by atoms with E-state index in [-0.39, 0.29) is 24.6 Å². The van der Waals surface area contributed by atoms with Crippen molar-refractivity contribution >= 4 is 11.8 Å². The van der Waals surface area contributed by atoms with Gasteiger partial charge in [-0.25, -0.2) is 4.98 Å². The molecule has 1 aliphatic rings. The smallest absolute Gasteiger partial charge is 0.311 e. The number of aromatic nitrogens is 2. The first-order valence-corrected chi connectivity index (χ1v) is 5.18. The number of nitrogens with one attached hydrogen (secondary N) is 1. The monoisotopic (exact) mass is 239 g/mol. The van der Waals surface area contributed by atoms with Crippen LogP contribution < -0.4 is 10.9 Å². The standard InChI is InChI=1S/C10H13N3O4/c1-13-3-2-11-8(9(13)14)12-7-5-17-4-6(7)10(15)16/h2-3,6-7H,4-5H2,1H3,(H,11,12)(H,15,16). The molecule has 1 fully saturated rings. The molecule has 2 atom stereocenters. The molecule has 0 aliphatic carbocycles. The van der Waals surface area contributed by atoms with Crippen molar-refractivity contribution in [2.45, 2.75) is 6.04 Å². The molecule has 2 unspecified atom stereocenters. The van der Waals surface area contributed by atoms with Crippen LogP contribution in [0.4, 0.5) is 5.82 Å². The second-order valence-corrected chi connectivity index (χ2v) is 3.92. The summed E-state index contributed by atoms with van der Waals surface area (Å²) in [6, 6.07) is -0.421. The van der Waals surface area contributed by atoms with Gasteiger partial charge in [0.2, 0.25) is 0 Å². The van der Waals surface area contributed by atoms with Crippen molar-refractivity contribution in [1.29, 1.82) is 0 Å². The molecule has 1 aromatic rings. The average molecular weight is 239 g/mol. The number of carboxylic acid groups (broad SMARTS) is 1. The molecule has 7 nitrogen and oxygen atoms in total. The van der Waals surface area contributed by atoms with Crippen LogP contribution in [0.2, 0.25) is 0 Å². The third kappa shape index (κ3) is 2.28. The van der Waals surface area contributed by atoms with E-state index in [2.05, 4.69) is 10.3 Å². The highest BCUT2D eigenvalue weighted by molar-refractivity contribution is 5.72. The van der Waals surface area contributed by atoms with Crippen LogP contribution in [-0.2, 0) is 16.6 Å². The first-order chi connectivity index (χ1) is 8.09. The number of hydrogen-bond acceptors (Lipinski definition) is 5. The van der Waals surface area contributed by atoms with E-state index in [0.717, 1.165) is 0 Å². The second-order valence-electron chi connectivity index (χ2n) is 3.92. The van der Waals surface area contributed by atoms with Crippen molar-refractivity contribution in [3.05, 3.63) is 22.7 Å². The molecule has 2 N–H and O–H groups in total. The number of anilines is 1. The predicted molar refractivity (Wildman–Crippen MR) is 58.8 cm³/mol. The molecule has 0 spiro atoms. The molecule has 92 valence electrons. The van der Waals surface area contributed by atoms with Gasteiger partial charge in [-0.2, -0.15) is 0 Å². The number of carbonyl (C=O) groups is 1. The summed E-state index contributed by atoms with van der Waals surface area (Å²) in [5, 5.41) is 11.8. The van der Waals surface area contributed by atoms with E-state index >= 15 is 0 Å². The summed E-state index contributed by atoms with van der Waals surface area (Å²) in [7, 11) is 1.61. The Morgan fingerprint density at radius 1 is 1.65 bits per heavy atom. The van der Waals surface area contributed by atoms with E-state index in [1.165, 1.54) is 17.0 Å². The highest BCUT2D eigenvalue weighted by Crippen LogP contribution is 2.16. The molecule has 1 aromatic heterocycles. The SMILES string of the molecule is Cn1ccnc(NC2COCC2C(=O)O)c1=O. The van der Waals surface area contributed by atoms with Crippen LogP contribution in [0.15, 0.2) is 17.2 Å². The van der Waals surface area contributed by atoms with E-state index < -0.39 is 17.9 Å². The Bertz CT molecular complexity index is 485. The van der Waals surface area contributed by atoms with Gasteiger partial charge in [-0.1, -0.05) is 0 Å². The Morgan fingerprint density at radius 3 is 3.12 bits per heavy atom. The van der Waals surface area contributed by atoms with Crippen LogP contribution >= 0.6 is 0 Å². The van der Waals surface area contributed by atoms with Crippen LogP contribution in [0, 0.1) is 5.92 Å². The zero-order valence-electron chi connectivity index (χ0n) is 9.29. The van der Waals surface area contributed by atoms with Crippen molar-refractivity contribution in [3.63, 3.8) is 0 Å². The predicted octanol–water partition coefficient (Wildman–Crippen LogP) is -0.708. The Hall–Kier alpha value is -1.89. The molecular formula is C10H13N3O4. The third-order valence-corrected chi connectivity index (χ3v) is 2.74. The molecule has 17 heavy (non-hydrogen) atoms.